The van der Waals surface area contributed by atoms with Crippen molar-refractivity contribution >= 4 is 17.7 Å². The van der Waals surface area contributed by atoms with Gasteiger partial charge in [-0.1, -0.05) is 19.6 Å². The van der Waals surface area contributed by atoms with Gasteiger partial charge in [-0.05, 0) is 31.3 Å². The highest BCUT2D eigenvalue weighted by molar-refractivity contribution is 5.99. The molecule has 1 aliphatic heterocycles. The van der Waals surface area contributed by atoms with Crippen LogP contribution in [0.1, 0.15) is 20.3 Å². The predicted octanol–water partition coefficient (Wildman–Crippen LogP) is 0.756. The van der Waals surface area contributed by atoms with Crippen molar-refractivity contribution in [3.63, 3.8) is 0 Å². The number of carbonyl (C=O) groups excluding carboxylic acids is 3. The zero-order chi connectivity index (χ0) is 16.9. The van der Waals surface area contributed by atoms with E-state index >= 15 is 0 Å². The molecule has 0 amide bonds. The van der Waals surface area contributed by atoms with E-state index in [1.807, 2.05) is 13.0 Å². The van der Waals surface area contributed by atoms with Gasteiger partial charge in [-0.3, -0.25) is 9.59 Å². The minimum absolute atomic E-state index is 0.0809. The van der Waals surface area contributed by atoms with Crippen molar-refractivity contribution in [1.82, 2.24) is 0 Å². The van der Waals surface area contributed by atoms with Gasteiger partial charge in [-0.15, -0.1) is 0 Å². The summed E-state index contributed by atoms with van der Waals surface area (Å²) < 4.78 is 11.0. The number of allylic oxidation sites excluding steroid dienone is 2. The Labute approximate surface area is 134 Å². The average molecular weight is 319 g/mol. The first-order valence-electron chi connectivity index (χ1n) is 7.82. The van der Waals surface area contributed by atoms with Crippen LogP contribution in [0.4, 0.5) is 0 Å². The van der Waals surface area contributed by atoms with Crippen molar-refractivity contribution in [1.29, 1.82) is 0 Å². The molecule has 124 valence electrons. The summed E-state index contributed by atoms with van der Waals surface area (Å²) in [6.07, 6.45) is 2.79. The van der Waals surface area contributed by atoms with Crippen molar-refractivity contribution < 1.29 is 23.9 Å². The molecule has 1 unspecified atom stereocenters. The second-order valence-electron chi connectivity index (χ2n) is 6.85. The molecule has 6 nitrogen and oxygen atoms in total. The van der Waals surface area contributed by atoms with Crippen LogP contribution >= 0.6 is 0 Å². The summed E-state index contributed by atoms with van der Waals surface area (Å²) in [5.41, 5.74) is 4.71. The fourth-order valence-electron chi connectivity index (χ4n) is 4.34. The molecule has 0 bridgehead atoms. The molecule has 0 radical (unpaired) electrons. The largest absolute Gasteiger partial charge is 0.460 e. The Balaban J connectivity index is 2.10. The Morgan fingerprint density at radius 1 is 1.52 bits per heavy atom. The van der Waals surface area contributed by atoms with Crippen LogP contribution in [0.2, 0.25) is 0 Å². The molecule has 0 aromatic heterocycles. The second kappa shape index (κ2) is 5.30. The minimum atomic E-state index is -0.930. The van der Waals surface area contributed by atoms with Gasteiger partial charge in [0.15, 0.2) is 5.78 Å². The lowest BCUT2D eigenvalue weighted by Gasteiger charge is -2.39. The quantitative estimate of drug-likeness (QED) is 0.596. The summed E-state index contributed by atoms with van der Waals surface area (Å²) in [5, 5.41) is 0. The average Bonchev–Trinajstić information content (AvgIpc) is 2.92. The number of ketones is 1. The van der Waals surface area contributed by atoms with Crippen LogP contribution in [0.5, 0.6) is 0 Å². The first-order valence-corrected chi connectivity index (χ1v) is 7.82. The molecule has 0 spiro atoms. The monoisotopic (exact) mass is 319 g/mol. The van der Waals surface area contributed by atoms with E-state index in [9.17, 15) is 14.4 Å². The zero-order valence-corrected chi connectivity index (χ0v) is 13.3. The SMILES string of the molecule is C=C1C(=O)O[C@@H]2C[C@@H](C)C3C=CC(=O)[C@@]3(C)[C@@H](OC(=O)CN)[C@H]12. The van der Waals surface area contributed by atoms with E-state index in [1.54, 1.807) is 13.0 Å². The Morgan fingerprint density at radius 3 is 2.87 bits per heavy atom. The van der Waals surface area contributed by atoms with Gasteiger partial charge in [0, 0.05) is 5.57 Å². The molecule has 1 saturated heterocycles. The Bertz CT molecular complexity index is 624. The molecule has 2 aliphatic carbocycles. The molecule has 1 saturated carbocycles. The summed E-state index contributed by atoms with van der Waals surface area (Å²) in [5.74, 6) is -1.67. The van der Waals surface area contributed by atoms with Crippen LogP contribution in [0, 0.1) is 23.2 Å². The molecule has 3 rings (SSSR count). The van der Waals surface area contributed by atoms with Crippen LogP contribution in [0.3, 0.4) is 0 Å². The fourth-order valence-corrected chi connectivity index (χ4v) is 4.34. The van der Waals surface area contributed by atoms with Gasteiger partial charge in [0.1, 0.15) is 12.2 Å². The van der Waals surface area contributed by atoms with Crippen molar-refractivity contribution in [3.8, 4) is 0 Å². The smallest absolute Gasteiger partial charge is 0.334 e. The van der Waals surface area contributed by atoms with E-state index in [-0.39, 0.29) is 29.7 Å². The lowest BCUT2D eigenvalue weighted by Crippen LogP contribution is -2.50. The van der Waals surface area contributed by atoms with E-state index in [1.165, 1.54) is 0 Å². The van der Waals surface area contributed by atoms with Crippen molar-refractivity contribution in [3.05, 3.63) is 24.3 Å². The topological polar surface area (TPSA) is 95.7 Å². The zero-order valence-electron chi connectivity index (χ0n) is 13.3. The van der Waals surface area contributed by atoms with E-state index < -0.39 is 35.5 Å². The van der Waals surface area contributed by atoms with Gasteiger partial charge in [-0.2, -0.15) is 0 Å². The van der Waals surface area contributed by atoms with Crippen LogP contribution < -0.4 is 5.73 Å². The van der Waals surface area contributed by atoms with Crippen molar-refractivity contribution in [2.24, 2.45) is 28.9 Å². The fraction of sp³-hybridized carbons (Fsp3) is 0.588. The second-order valence-corrected chi connectivity index (χ2v) is 6.85. The highest BCUT2D eigenvalue weighted by Gasteiger charge is 2.61. The van der Waals surface area contributed by atoms with Crippen LogP contribution in [-0.2, 0) is 23.9 Å². The summed E-state index contributed by atoms with van der Waals surface area (Å²) in [4.78, 5) is 36.4. The number of rotatable bonds is 2. The maximum absolute atomic E-state index is 12.6. The van der Waals surface area contributed by atoms with E-state index in [2.05, 4.69) is 6.58 Å². The van der Waals surface area contributed by atoms with Gasteiger partial charge < -0.3 is 15.2 Å². The molecule has 23 heavy (non-hydrogen) atoms. The first kappa shape index (κ1) is 15.9. The number of carbonyl (C=O) groups is 3. The van der Waals surface area contributed by atoms with Crippen molar-refractivity contribution in [2.75, 3.05) is 6.54 Å². The van der Waals surface area contributed by atoms with E-state index in [0.29, 0.717) is 6.42 Å². The molecule has 0 aromatic rings. The Hall–Kier alpha value is -1.95. The molecule has 3 aliphatic rings. The normalized spacial score (nSPS) is 42.0. The molecular formula is C17H21NO5. The number of ether oxygens (including phenoxy) is 2. The Morgan fingerprint density at radius 2 is 2.22 bits per heavy atom. The molecule has 0 aromatic carbocycles. The molecule has 1 heterocycles. The van der Waals surface area contributed by atoms with Gasteiger partial charge in [0.2, 0.25) is 0 Å². The molecular weight excluding hydrogens is 298 g/mol. The number of hydrogen-bond acceptors (Lipinski definition) is 6. The third kappa shape index (κ3) is 2.16. The minimum Gasteiger partial charge on any atom is -0.460 e. The maximum Gasteiger partial charge on any atom is 0.334 e. The van der Waals surface area contributed by atoms with E-state index in [0.717, 1.165) is 0 Å². The molecule has 2 N–H and O–H groups in total. The standard InChI is InChI=1S/C17H21NO5/c1-8-6-11-14(9(2)16(21)22-11)15(23-13(20)7-18)17(3)10(8)4-5-12(17)19/h4-5,8,10-11,14-15H,2,6-7,18H2,1,3H3/t8-,10?,11-,14-,15+,17+/m1/s1. The predicted molar refractivity (Wildman–Crippen MR) is 81.0 cm³/mol. The van der Waals surface area contributed by atoms with Crippen LogP contribution in [-0.4, -0.2) is 36.5 Å². The summed E-state index contributed by atoms with van der Waals surface area (Å²) in [7, 11) is 0. The molecule has 2 fully saturated rings. The maximum atomic E-state index is 12.6. The third-order valence-corrected chi connectivity index (χ3v) is 5.56. The third-order valence-electron chi connectivity index (χ3n) is 5.56. The van der Waals surface area contributed by atoms with Crippen molar-refractivity contribution in [2.45, 2.75) is 32.5 Å². The molecule has 6 atom stereocenters. The molecule has 6 heteroatoms. The number of hydrogen-bond donors (Lipinski definition) is 1. The summed E-state index contributed by atoms with van der Waals surface area (Å²) >= 11 is 0. The summed E-state index contributed by atoms with van der Waals surface area (Å²) in [6, 6.07) is 0. The van der Waals surface area contributed by atoms with Gasteiger partial charge in [0.05, 0.1) is 17.9 Å². The van der Waals surface area contributed by atoms with Gasteiger partial charge in [0.25, 0.3) is 0 Å². The number of nitrogens with two attached hydrogens (primary N) is 1. The van der Waals surface area contributed by atoms with Gasteiger partial charge in [-0.25, -0.2) is 4.79 Å². The van der Waals surface area contributed by atoms with E-state index in [4.69, 9.17) is 15.2 Å². The van der Waals surface area contributed by atoms with Crippen LogP contribution in [0.15, 0.2) is 24.3 Å². The first-order chi connectivity index (χ1) is 10.8. The van der Waals surface area contributed by atoms with Crippen LogP contribution in [0.25, 0.3) is 0 Å². The lowest BCUT2D eigenvalue weighted by atomic mass is 9.67. The summed E-state index contributed by atoms with van der Waals surface area (Å²) in [6.45, 7) is 7.34. The van der Waals surface area contributed by atoms with Gasteiger partial charge >= 0.3 is 11.9 Å². The Kier molecular flexibility index (Phi) is 3.67. The number of esters is 2. The lowest BCUT2D eigenvalue weighted by molar-refractivity contribution is -0.163. The highest BCUT2D eigenvalue weighted by Crippen LogP contribution is 2.54. The number of fused-ring (bicyclic) bond motifs is 2. The highest BCUT2D eigenvalue weighted by atomic mass is 16.6.